The van der Waals surface area contributed by atoms with E-state index >= 15 is 0 Å². The van der Waals surface area contributed by atoms with Gasteiger partial charge in [0.2, 0.25) is 0 Å². The average molecular weight is 797 g/mol. The zero-order valence-electron chi connectivity index (χ0n) is 36.0. The second-order valence-electron chi connectivity index (χ2n) is 15.6. The fraction of sp³-hybridized carbons (Fsp3) is 0.620. The molecule has 0 bridgehead atoms. The summed E-state index contributed by atoms with van der Waals surface area (Å²) in [6.45, 7) is 14.1. The van der Waals surface area contributed by atoms with Crippen LogP contribution in [0.5, 0.6) is 0 Å². The van der Waals surface area contributed by atoms with Gasteiger partial charge in [-0.1, -0.05) is 161 Å². The number of rotatable bonds is 27. The van der Waals surface area contributed by atoms with Gasteiger partial charge in [-0.05, 0) is 100 Å². The molecule has 314 valence electrons. The minimum atomic E-state index is -5.19. The number of carbonyl (C=O) groups excluding carboxylic acids is 1. The third-order valence-electron chi connectivity index (χ3n) is 10.6. The number of carboxylic acid groups (broad SMARTS) is 1. The summed E-state index contributed by atoms with van der Waals surface area (Å²) in [5.74, 6) is -3.01. The monoisotopic (exact) mass is 797 g/mol. The summed E-state index contributed by atoms with van der Waals surface area (Å²) in [5, 5.41) is 8.78. The van der Waals surface area contributed by atoms with Crippen molar-refractivity contribution in [1.82, 2.24) is 0 Å². The maximum Gasteiger partial charge on any atom is 0.430 e. The molecule has 0 N–H and O–H groups in total. The molecule has 56 heavy (non-hydrogen) atoms. The first-order valence-corrected chi connectivity index (χ1v) is 23.6. The lowest BCUT2D eigenvalue weighted by atomic mass is 9.95. The van der Waals surface area contributed by atoms with Gasteiger partial charge in [-0.15, -0.1) is 0 Å². The van der Waals surface area contributed by atoms with E-state index in [4.69, 9.17) is 9.90 Å². The first kappa shape index (κ1) is 49.4. The van der Waals surface area contributed by atoms with Gasteiger partial charge in [-0.2, -0.15) is 13.2 Å². The Labute approximate surface area is 343 Å². The van der Waals surface area contributed by atoms with E-state index in [0.717, 1.165) is 0 Å². The van der Waals surface area contributed by atoms with Crippen LogP contribution in [0.1, 0.15) is 190 Å². The first-order valence-electron chi connectivity index (χ1n) is 22.4. The molecule has 0 amide bonds. The van der Waals surface area contributed by atoms with Crippen LogP contribution < -0.4 is 5.11 Å². The number of alkyl halides is 3. The van der Waals surface area contributed by atoms with E-state index in [1.165, 1.54) is 159 Å². The zero-order valence-corrected chi connectivity index (χ0v) is 36.8. The topological polar surface area (TPSA) is 40.1 Å². The van der Waals surface area contributed by atoms with E-state index in [9.17, 15) is 13.2 Å². The number of aryl methyl sites for hydroxylation is 6. The van der Waals surface area contributed by atoms with Crippen molar-refractivity contribution < 1.29 is 23.1 Å². The number of unbranched alkanes of at least 4 members (excludes halogenated alkanes) is 12. The molecular formula is C50H75F3O2S. The van der Waals surface area contributed by atoms with E-state index in [2.05, 4.69) is 96.1 Å². The van der Waals surface area contributed by atoms with Gasteiger partial charge < -0.3 is 9.90 Å². The van der Waals surface area contributed by atoms with Crippen LogP contribution in [0.25, 0.3) is 0 Å². The van der Waals surface area contributed by atoms with Crippen molar-refractivity contribution in [1.29, 1.82) is 0 Å². The summed E-state index contributed by atoms with van der Waals surface area (Å²) >= 11 is 0. The number of aliphatic carboxylic acids is 1. The van der Waals surface area contributed by atoms with Crippen LogP contribution in [0.3, 0.4) is 0 Å². The number of hydrogen-bond donors (Lipinski definition) is 0. The lowest BCUT2D eigenvalue weighted by Gasteiger charge is -2.22. The van der Waals surface area contributed by atoms with Gasteiger partial charge in [-0.25, -0.2) is 0 Å². The highest BCUT2D eigenvalue weighted by atomic mass is 32.2. The molecule has 0 heterocycles. The molecule has 6 heteroatoms. The molecule has 3 aromatic rings. The van der Waals surface area contributed by atoms with Crippen LogP contribution >= 0.6 is 0 Å². The molecule has 0 saturated heterocycles. The largest absolute Gasteiger partial charge is 0.542 e. The SMILES string of the molecule is CCCCCc1cc(CCCCC)c([S+](c2ccccc2)c2c(CCCCC)cc(CCCCC)cc2CCCCC)c(CCCCC)c1.O=C([O-])C(F)(F)F. The van der Waals surface area contributed by atoms with Gasteiger partial charge in [0.15, 0.2) is 14.7 Å². The van der Waals surface area contributed by atoms with E-state index < -0.39 is 12.1 Å². The highest BCUT2D eigenvalue weighted by molar-refractivity contribution is 7.97. The van der Waals surface area contributed by atoms with E-state index in [0.29, 0.717) is 0 Å². The molecule has 0 atom stereocenters. The van der Waals surface area contributed by atoms with Gasteiger partial charge in [0.1, 0.15) is 16.9 Å². The summed E-state index contributed by atoms with van der Waals surface area (Å²) in [4.78, 5) is 13.7. The second-order valence-corrected chi connectivity index (χ2v) is 17.5. The smallest absolute Gasteiger partial charge is 0.430 e. The van der Waals surface area contributed by atoms with Gasteiger partial charge in [0.05, 0.1) is 0 Å². The number of carboxylic acids is 1. The van der Waals surface area contributed by atoms with Gasteiger partial charge in [-0.3, -0.25) is 0 Å². The molecule has 0 aliphatic heterocycles. The van der Waals surface area contributed by atoms with E-state index in [1.54, 1.807) is 43.2 Å². The lowest BCUT2D eigenvalue weighted by Crippen LogP contribution is -2.37. The molecule has 3 aromatic carbocycles. The fourth-order valence-electron chi connectivity index (χ4n) is 7.52. The predicted octanol–water partition coefficient (Wildman–Crippen LogP) is 14.5. The maximum absolute atomic E-state index is 10.5. The van der Waals surface area contributed by atoms with Crippen LogP contribution in [0.4, 0.5) is 13.2 Å². The Balaban J connectivity index is 0.00000141. The van der Waals surface area contributed by atoms with Crippen molar-refractivity contribution in [2.45, 2.75) is 217 Å². The van der Waals surface area contributed by atoms with Gasteiger partial charge in [0.25, 0.3) is 0 Å². The Morgan fingerprint density at radius 2 is 0.750 bits per heavy atom. The fourth-order valence-corrected chi connectivity index (χ4v) is 10.3. The first-order chi connectivity index (χ1) is 27.1. The van der Waals surface area contributed by atoms with Crippen molar-refractivity contribution in [2.75, 3.05) is 0 Å². The molecule has 0 fully saturated rings. The Hall–Kier alpha value is -2.73. The molecule has 0 aliphatic rings. The Morgan fingerprint density at radius 1 is 0.482 bits per heavy atom. The van der Waals surface area contributed by atoms with Crippen LogP contribution in [-0.2, 0) is 54.2 Å². The predicted molar refractivity (Wildman–Crippen MR) is 232 cm³/mol. The van der Waals surface area contributed by atoms with Crippen LogP contribution in [-0.4, -0.2) is 12.1 Å². The Bertz CT molecular complexity index is 1360. The molecule has 3 rings (SSSR count). The highest BCUT2D eigenvalue weighted by Crippen LogP contribution is 2.42. The summed E-state index contributed by atoms with van der Waals surface area (Å²) in [7, 11) is -0.114. The van der Waals surface area contributed by atoms with E-state index in [-0.39, 0.29) is 10.9 Å². The lowest BCUT2D eigenvalue weighted by molar-refractivity contribution is -0.344. The van der Waals surface area contributed by atoms with Gasteiger partial charge in [0, 0.05) is 22.3 Å². The molecule has 0 spiro atoms. The average Bonchev–Trinajstić information content (AvgIpc) is 3.17. The summed E-state index contributed by atoms with van der Waals surface area (Å²) in [6, 6.07) is 22.6. The van der Waals surface area contributed by atoms with Gasteiger partial charge >= 0.3 is 6.18 Å². The normalized spacial score (nSPS) is 11.5. The van der Waals surface area contributed by atoms with Crippen molar-refractivity contribution in [2.24, 2.45) is 0 Å². The van der Waals surface area contributed by atoms with Crippen LogP contribution in [0.2, 0.25) is 0 Å². The third-order valence-corrected chi connectivity index (χ3v) is 13.2. The van der Waals surface area contributed by atoms with Crippen molar-refractivity contribution in [3.8, 4) is 0 Å². The maximum atomic E-state index is 10.5. The molecule has 0 unspecified atom stereocenters. The number of halogens is 3. The number of carbonyl (C=O) groups is 1. The summed E-state index contributed by atoms with van der Waals surface area (Å²) in [5.41, 5.74) is 9.90. The quantitative estimate of drug-likeness (QED) is 0.0569. The van der Waals surface area contributed by atoms with Crippen molar-refractivity contribution in [3.63, 3.8) is 0 Å². The van der Waals surface area contributed by atoms with Crippen LogP contribution in [0.15, 0.2) is 69.3 Å². The van der Waals surface area contributed by atoms with Crippen molar-refractivity contribution in [3.05, 3.63) is 88.0 Å². The standard InChI is InChI=1S/C48H75S.C2HF3O2/c1-7-13-20-28-40-36-42(30-22-15-9-3)47(43(37-40)31-23-16-10-4)49(46-34-26-19-27-35-46)48-44(32-24-17-11-5)38-41(29-21-14-8-2)39-45(48)33-25-18-12-6;3-2(4,5)1(6)7/h19,26-27,34-39H,7-18,20-25,28-33H2,1-6H3;(H,6,7)/q+1;/p-1. The molecule has 0 aliphatic carbocycles. The summed E-state index contributed by atoms with van der Waals surface area (Å²) in [6.07, 6.45) is 25.6. The number of benzene rings is 3. The minimum absolute atomic E-state index is 0.114. The number of hydrogen-bond acceptors (Lipinski definition) is 2. The summed E-state index contributed by atoms with van der Waals surface area (Å²) < 4.78 is 31.5. The van der Waals surface area contributed by atoms with E-state index in [1.807, 2.05) is 0 Å². The van der Waals surface area contributed by atoms with Crippen molar-refractivity contribution >= 4 is 16.9 Å². The molecule has 2 nitrogen and oxygen atoms in total. The zero-order chi connectivity index (χ0) is 41.2. The Kier molecular flexibility index (Phi) is 25.3. The highest BCUT2D eigenvalue weighted by Gasteiger charge is 2.38. The molecule has 0 saturated carbocycles. The molecule has 0 aromatic heterocycles. The minimum Gasteiger partial charge on any atom is -0.542 e. The second kappa shape index (κ2) is 28.6. The Morgan fingerprint density at radius 3 is 1.00 bits per heavy atom. The third kappa shape index (κ3) is 17.8. The van der Waals surface area contributed by atoms with Crippen LogP contribution in [0, 0.1) is 0 Å². The molecule has 0 radical (unpaired) electrons. The molecular weight excluding hydrogens is 722 g/mol.